The summed E-state index contributed by atoms with van der Waals surface area (Å²) in [5.74, 6) is -2.92. The van der Waals surface area contributed by atoms with Crippen LogP contribution in [0.1, 0.15) is 18.5 Å². The first-order chi connectivity index (χ1) is 17.0. The number of carboxylic acids is 1. The van der Waals surface area contributed by atoms with E-state index in [0.717, 1.165) is 16.7 Å². The van der Waals surface area contributed by atoms with Crippen LogP contribution in [0.15, 0.2) is 30.3 Å². The molecule has 3 unspecified atom stereocenters. The first-order valence-electron chi connectivity index (χ1n) is 10.9. The van der Waals surface area contributed by atoms with E-state index >= 15 is 0 Å². The highest BCUT2D eigenvalue weighted by Crippen LogP contribution is 2.42. The molecule has 194 valence electrons. The highest BCUT2D eigenvalue weighted by molar-refractivity contribution is 8.00. The Morgan fingerprint density at radius 1 is 1.22 bits per heavy atom. The van der Waals surface area contributed by atoms with E-state index in [4.69, 9.17) is 4.74 Å². The fraction of sp³-hybridized carbons (Fsp3) is 0.455. The highest BCUT2D eigenvalue weighted by atomic mass is 32.2. The van der Waals surface area contributed by atoms with Gasteiger partial charge in [0.2, 0.25) is 11.8 Å². The summed E-state index contributed by atoms with van der Waals surface area (Å²) < 4.78 is 4.93. The van der Waals surface area contributed by atoms with Crippen molar-refractivity contribution < 1.29 is 38.6 Å². The lowest BCUT2D eigenvalue weighted by Gasteiger charge is -2.53. The van der Waals surface area contributed by atoms with Gasteiger partial charge in [-0.1, -0.05) is 30.3 Å². The fourth-order valence-corrected chi connectivity index (χ4v) is 5.33. The maximum absolute atomic E-state index is 13.2. The minimum absolute atomic E-state index is 0.0617. The van der Waals surface area contributed by atoms with E-state index in [1.54, 1.807) is 30.3 Å². The van der Waals surface area contributed by atoms with Crippen LogP contribution in [0.25, 0.3) is 0 Å². The van der Waals surface area contributed by atoms with Gasteiger partial charge in [-0.25, -0.2) is 14.5 Å². The topological polar surface area (TPSA) is 174 Å². The number of hydrogen-bond donors (Lipinski definition) is 4. The van der Waals surface area contributed by atoms with Crippen LogP contribution in [-0.4, -0.2) is 95.1 Å². The number of thioether (sulfide) groups is 1. The van der Waals surface area contributed by atoms with Gasteiger partial charge in [-0.2, -0.15) is 0 Å². The quantitative estimate of drug-likeness (QED) is 0.278. The van der Waals surface area contributed by atoms with Crippen LogP contribution >= 0.6 is 11.8 Å². The summed E-state index contributed by atoms with van der Waals surface area (Å²) >= 11 is 1.16. The summed E-state index contributed by atoms with van der Waals surface area (Å²) in [6.45, 7) is 0.621. The number of fused-ring (bicyclic) bond motifs is 1. The van der Waals surface area contributed by atoms with Crippen molar-refractivity contribution in [1.82, 2.24) is 25.8 Å². The highest BCUT2D eigenvalue weighted by Gasteiger charge is 2.58. The zero-order valence-corrected chi connectivity index (χ0v) is 20.7. The molecule has 4 atom stereocenters. The number of nitrogens with zero attached hydrogens (tertiary/aromatic N) is 2. The van der Waals surface area contributed by atoms with Crippen molar-refractivity contribution >= 4 is 47.6 Å². The monoisotopic (exact) mass is 521 g/mol. The molecule has 0 aromatic heterocycles. The van der Waals surface area contributed by atoms with Crippen LogP contribution < -0.4 is 16.0 Å². The molecule has 2 heterocycles. The summed E-state index contributed by atoms with van der Waals surface area (Å²) in [6, 6.07) is 4.65. The molecule has 2 saturated heterocycles. The molecule has 4 N–H and O–H groups in total. The largest absolute Gasteiger partial charge is 0.481 e. The number of esters is 1. The number of rotatable bonds is 7. The minimum atomic E-state index is -1.46. The third-order valence-corrected chi connectivity index (χ3v) is 7.52. The Morgan fingerprint density at radius 3 is 2.47 bits per heavy atom. The Bertz CT molecular complexity index is 1070. The molecular weight excluding hydrogens is 494 g/mol. The van der Waals surface area contributed by atoms with E-state index < -0.39 is 58.7 Å². The van der Waals surface area contributed by atoms with E-state index in [1.807, 2.05) is 0 Å². The smallest absolute Gasteiger partial charge is 0.326 e. The van der Waals surface area contributed by atoms with Crippen molar-refractivity contribution in [2.24, 2.45) is 5.41 Å². The van der Waals surface area contributed by atoms with Crippen molar-refractivity contribution in [1.29, 1.82) is 0 Å². The molecule has 2 fully saturated rings. The molecule has 1 aromatic rings. The van der Waals surface area contributed by atoms with Crippen LogP contribution in [0.3, 0.4) is 0 Å². The molecule has 2 aliphatic rings. The van der Waals surface area contributed by atoms with E-state index in [0.29, 0.717) is 5.56 Å². The predicted molar refractivity (Wildman–Crippen MR) is 127 cm³/mol. The van der Waals surface area contributed by atoms with Gasteiger partial charge in [0.25, 0.3) is 0 Å². The van der Waals surface area contributed by atoms with Crippen LogP contribution in [0.4, 0.5) is 9.59 Å². The SMILES string of the molecule is CNC(=O)N(C)C(=O)NC(C(=O)NC1C(=O)N2CC(COC(C)=O)(C(=O)O)CS[C@H]12)c1ccccc1. The number of carbonyl (C=O) groups excluding carboxylic acids is 5. The Kier molecular flexibility index (Phi) is 8.07. The van der Waals surface area contributed by atoms with Crippen molar-refractivity contribution in [3.05, 3.63) is 35.9 Å². The second-order valence-electron chi connectivity index (χ2n) is 8.43. The number of carboxylic acid groups (broad SMARTS) is 1. The van der Waals surface area contributed by atoms with E-state index in [2.05, 4.69) is 16.0 Å². The summed E-state index contributed by atoms with van der Waals surface area (Å²) in [6.07, 6.45) is 0. The van der Waals surface area contributed by atoms with Gasteiger partial charge in [0.15, 0.2) is 0 Å². The van der Waals surface area contributed by atoms with Gasteiger partial charge in [0.05, 0.1) is 0 Å². The van der Waals surface area contributed by atoms with Crippen LogP contribution in [0.2, 0.25) is 0 Å². The molecule has 1 aromatic carbocycles. The number of β-lactam (4-membered cyclic amide) rings is 1. The van der Waals surface area contributed by atoms with Gasteiger partial charge >= 0.3 is 24.0 Å². The number of amides is 6. The minimum Gasteiger partial charge on any atom is -0.481 e. The lowest BCUT2D eigenvalue weighted by atomic mass is 9.88. The zero-order chi connectivity index (χ0) is 26.6. The summed E-state index contributed by atoms with van der Waals surface area (Å²) in [4.78, 5) is 75.6. The molecule has 13 nitrogen and oxygen atoms in total. The average Bonchev–Trinajstić information content (AvgIpc) is 2.87. The van der Waals surface area contributed by atoms with Crippen molar-refractivity contribution in [3.63, 3.8) is 0 Å². The van der Waals surface area contributed by atoms with Crippen molar-refractivity contribution in [2.45, 2.75) is 24.4 Å². The number of urea groups is 2. The molecule has 6 amide bonds. The lowest BCUT2D eigenvalue weighted by Crippen LogP contribution is -2.74. The average molecular weight is 522 g/mol. The van der Waals surface area contributed by atoms with Crippen LogP contribution in [0, 0.1) is 5.41 Å². The molecule has 36 heavy (non-hydrogen) atoms. The second kappa shape index (κ2) is 10.8. The third kappa shape index (κ3) is 5.37. The number of benzene rings is 1. The fourth-order valence-electron chi connectivity index (χ4n) is 3.81. The molecule has 3 rings (SSSR count). The summed E-state index contributed by atoms with van der Waals surface area (Å²) in [7, 11) is 2.60. The zero-order valence-electron chi connectivity index (χ0n) is 19.8. The molecule has 14 heteroatoms. The third-order valence-electron chi connectivity index (χ3n) is 5.93. The molecule has 0 aliphatic carbocycles. The maximum atomic E-state index is 13.2. The molecule has 0 radical (unpaired) electrons. The van der Waals surface area contributed by atoms with E-state index in [1.165, 1.54) is 25.9 Å². The van der Waals surface area contributed by atoms with Gasteiger partial charge in [0, 0.05) is 33.3 Å². The normalized spacial score (nSPS) is 23.3. The van der Waals surface area contributed by atoms with Gasteiger partial charge in [-0.3, -0.25) is 19.2 Å². The molecule has 0 saturated carbocycles. The first kappa shape index (κ1) is 26.8. The number of nitrogens with one attached hydrogen (secondary N) is 3. The number of imide groups is 1. The van der Waals surface area contributed by atoms with Crippen LogP contribution in [0.5, 0.6) is 0 Å². The Balaban J connectivity index is 1.72. The molecule has 0 bridgehead atoms. The Hall–Kier alpha value is -3.81. The standard InChI is InChI=1S/C22H27N5O8S/c1-12(28)35-10-22(19(31)32)9-27-17(30)15(18(27)36-11-22)24-16(29)14(13-7-5-4-6-8-13)25-21(34)26(3)20(33)23-2/h4-8,14-15,18H,9-11H2,1-3H3,(H,23,33)(H,24,29)(H,25,34)(H,31,32)/t14?,15?,18-,22?/m1/s1. The molecular formula is C22H27N5O8S. The second-order valence-corrected chi connectivity index (χ2v) is 9.53. The van der Waals surface area contributed by atoms with Crippen molar-refractivity contribution in [3.8, 4) is 0 Å². The Labute approximate surface area is 210 Å². The molecule has 0 spiro atoms. The number of aliphatic carboxylic acids is 1. The number of ether oxygens (including phenoxy) is 1. The first-order valence-corrected chi connectivity index (χ1v) is 12.0. The van der Waals surface area contributed by atoms with Gasteiger partial charge in [0.1, 0.15) is 29.5 Å². The molecule has 2 aliphatic heterocycles. The van der Waals surface area contributed by atoms with E-state index in [9.17, 15) is 33.9 Å². The number of hydrogen-bond acceptors (Lipinski definition) is 8. The predicted octanol–water partition coefficient (Wildman–Crippen LogP) is -0.257. The van der Waals surface area contributed by atoms with Gasteiger partial charge < -0.3 is 30.7 Å². The summed E-state index contributed by atoms with van der Waals surface area (Å²) in [5.41, 5.74) is -1.03. The Morgan fingerprint density at radius 2 is 1.89 bits per heavy atom. The van der Waals surface area contributed by atoms with Crippen molar-refractivity contribution in [2.75, 3.05) is 33.0 Å². The van der Waals surface area contributed by atoms with Gasteiger partial charge in [-0.05, 0) is 5.56 Å². The number of carbonyl (C=O) groups is 6. The lowest BCUT2D eigenvalue weighted by molar-refractivity contribution is -0.165. The van der Waals surface area contributed by atoms with E-state index in [-0.39, 0.29) is 18.9 Å². The summed E-state index contributed by atoms with van der Waals surface area (Å²) in [5, 5.41) is 16.7. The maximum Gasteiger partial charge on any atom is 0.326 e. The van der Waals surface area contributed by atoms with Gasteiger partial charge in [-0.15, -0.1) is 11.8 Å². The van der Waals surface area contributed by atoms with Crippen LogP contribution in [-0.2, 0) is 23.9 Å².